The van der Waals surface area contributed by atoms with Crippen molar-refractivity contribution in [3.05, 3.63) is 24.2 Å². The summed E-state index contributed by atoms with van der Waals surface area (Å²) in [5.41, 5.74) is 7.55. The molecule has 0 aromatic carbocycles. The zero-order valence-corrected chi connectivity index (χ0v) is 12.7. The summed E-state index contributed by atoms with van der Waals surface area (Å²) >= 11 is 0. The molecule has 0 saturated carbocycles. The molecule has 2 atom stereocenters. The zero-order chi connectivity index (χ0) is 15.7. The smallest absolute Gasteiger partial charge is 0.308 e. The minimum absolute atomic E-state index is 0.0699. The van der Waals surface area contributed by atoms with Gasteiger partial charge < -0.3 is 15.2 Å². The third-order valence-corrected chi connectivity index (χ3v) is 3.83. The van der Waals surface area contributed by atoms with Crippen LogP contribution in [0.5, 0.6) is 0 Å². The predicted octanol–water partition coefficient (Wildman–Crippen LogP) is 1.73. The van der Waals surface area contributed by atoms with Crippen LogP contribution in [0.1, 0.15) is 38.5 Å². The Kier molecular flexibility index (Phi) is 3.98. The van der Waals surface area contributed by atoms with Gasteiger partial charge in [0.05, 0.1) is 17.7 Å². The standard InChI is InChI=1S/C15H20N4O3/c1-9(2)15(20)21-7-10-3-6-13(22-10)11-4-5-12-14(16)17-8-18-19(11)12/h4-5,8-10,13H,3,6-7H2,1-2H3,(H2,16,17,18)/t10?,13-/m1/s1. The van der Waals surface area contributed by atoms with E-state index in [0.717, 1.165) is 24.1 Å². The number of carbonyl (C=O) groups excluding carboxylic acids is 1. The Morgan fingerprint density at radius 1 is 1.50 bits per heavy atom. The molecule has 2 N–H and O–H groups in total. The SMILES string of the molecule is CC(C)C(=O)OCC1CC[C@H](c2ccc3c(N)ncnn23)O1. The predicted molar refractivity (Wildman–Crippen MR) is 80.0 cm³/mol. The maximum atomic E-state index is 11.5. The Hall–Kier alpha value is -2.15. The summed E-state index contributed by atoms with van der Waals surface area (Å²) < 4.78 is 13.0. The number of rotatable bonds is 4. The number of hydrogen-bond acceptors (Lipinski definition) is 6. The van der Waals surface area contributed by atoms with Crippen molar-refractivity contribution in [3.63, 3.8) is 0 Å². The Balaban J connectivity index is 1.67. The summed E-state index contributed by atoms with van der Waals surface area (Å²) in [6.07, 6.45) is 3.00. The third-order valence-electron chi connectivity index (χ3n) is 3.83. The van der Waals surface area contributed by atoms with E-state index in [1.165, 1.54) is 6.33 Å². The van der Waals surface area contributed by atoms with Crippen LogP contribution in [-0.4, -0.2) is 33.3 Å². The van der Waals surface area contributed by atoms with E-state index in [4.69, 9.17) is 15.2 Å². The molecule has 1 unspecified atom stereocenters. The zero-order valence-electron chi connectivity index (χ0n) is 12.7. The van der Waals surface area contributed by atoms with Crippen molar-refractivity contribution in [3.8, 4) is 0 Å². The van der Waals surface area contributed by atoms with Gasteiger partial charge in [0.15, 0.2) is 5.82 Å². The monoisotopic (exact) mass is 304 g/mol. The van der Waals surface area contributed by atoms with Crippen LogP contribution in [0.2, 0.25) is 0 Å². The highest BCUT2D eigenvalue weighted by molar-refractivity contribution is 5.71. The van der Waals surface area contributed by atoms with Crippen molar-refractivity contribution >= 4 is 17.3 Å². The van der Waals surface area contributed by atoms with Gasteiger partial charge in [0.1, 0.15) is 24.6 Å². The Morgan fingerprint density at radius 3 is 3.09 bits per heavy atom. The van der Waals surface area contributed by atoms with Crippen molar-refractivity contribution < 1.29 is 14.3 Å². The van der Waals surface area contributed by atoms with Gasteiger partial charge in [0.25, 0.3) is 0 Å². The molecule has 3 heterocycles. The average molecular weight is 304 g/mol. The van der Waals surface area contributed by atoms with Gasteiger partial charge in [0, 0.05) is 0 Å². The number of anilines is 1. The lowest BCUT2D eigenvalue weighted by Crippen LogP contribution is -2.21. The van der Waals surface area contributed by atoms with Gasteiger partial charge in [-0.15, -0.1) is 0 Å². The summed E-state index contributed by atoms with van der Waals surface area (Å²) in [5.74, 6) is 0.133. The van der Waals surface area contributed by atoms with Crippen LogP contribution in [0.15, 0.2) is 18.5 Å². The number of nitrogen functional groups attached to an aromatic ring is 1. The van der Waals surface area contributed by atoms with Crippen molar-refractivity contribution in [2.45, 2.75) is 38.9 Å². The molecule has 1 aliphatic heterocycles. The molecule has 0 radical (unpaired) electrons. The fourth-order valence-electron chi connectivity index (χ4n) is 2.60. The lowest BCUT2D eigenvalue weighted by molar-refractivity contribution is -0.151. The first-order valence-corrected chi connectivity index (χ1v) is 7.46. The number of aromatic nitrogens is 3. The number of esters is 1. The number of ether oxygens (including phenoxy) is 2. The van der Waals surface area contributed by atoms with Gasteiger partial charge >= 0.3 is 5.97 Å². The number of carbonyl (C=O) groups is 1. The topological polar surface area (TPSA) is 91.7 Å². The van der Waals surface area contributed by atoms with Crippen LogP contribution in [-0.2, 0) is 14.3 Å². The normalized spacial score (nSPS) is 21.6. The van der Waals surface area contributed by atoms with Gasteiger partial charge in [-0.25, -0.2) is 9.50 Å². The largest absolute Gasteiger partial charge is 0.463 e. The first-order valence-electron chi connectivity index (χ1n) is 7.46. The van der Waals surface area contributed by atoms with Crippen LogP contribution >= 0.6 is 0 Å². The van der Waals surface area contributed by atoms with Gasteiger partial charge in [-0.05, 0) is 25.0 Å². The van der Waals surface area contributed by atoms with Crippen LogP contribution in [0.3, 0.4) is 0 Å². The first kappa shape index (κ1) is 14.8. The maximum absolute atomic E-state index is 11.5. The molecule has 0 spiro atoms. The molecule has 0 amide bonds. The van der Waals surface area contributed by atoms with Crippen molar-refractivity contribution in [2.75, 3.05) is 12.3 Å². The number of fused-ring (bicyclic) bond motifs is 1. The van der Waals surface area contributed by atoms with Crippen molar-refractivity contribution in [2.24, 2.45) is 5.92 Å². The van der Waals surface area contributed by atoms with Gasteiger partial charge in [0.2, 0.25) is 0 Å². The minimum Gasteiger partial charge on any atom is -0.463 e. The summed E-state index contributed by atoms with van der Waals surface area (Å²) in [5, 5.41) is 4.23. The molecule has 1 fully saturated rings. The number of nitrogens with two attached hydrogens (primary N) is 1. The van der Waals surface area contributed by atoms with Crippen LogP contribution in [0.25, 0.3) is 5.52 Å². The molecule has 22 heavy (non-hydrogen) atoms. The van der Waals surface area contributed by atoms with Crippen LogP contribution < -0.4 is 5.73 Å². The lowest BCUT2D eigenvalue weighted by atomic mass is 10.1. The molecular formula is C15H20N4O3. The Bertz CT molecular complexity index is 682. The molecular weight excluding hydrogens is 284 g/mol. The molecule has 1 saturated heterocycles. The molecule has 7 nitrogen and oxygen atoms in total. The van der Waals surface area contributed by atoms with E-state index in [-0.39, 0.29) is 24.1 Å². The minimum atomic E-state index is -0.194. The number of nitrogens with zero attached hydrogens (tertiary/aromatic N) is 3. The fourth-order valence-corrected chi connectivity index (χ4v) is 2.60. The molecule has 0 aliphatic carbocycles. The van der Waals surface area contributed by atoms with E-state index in [2.05, 4.69) is 10.1 Å². The fraction of sp³-hybridized carbons (Fsp3) is 0.533. The summed E-state index contributed by atoms with van der Waals surface area (Å²) in [6, 6.07) is 3.84. The van der Waals surface area contributed by atoms with Crippen LogP contribution in [0.4, 0.5) is 5.82 Å². The highest BCUT2D eigenvalue weighted by Crippen LogP contribution is 2.33. The molecule has 3 rings (SSSR count). The first-order chi connectivity index (χ1) is 10.6. The van der Waals surface area contributed by atoms with Gasteiger partial charge in [-0.1, -0.05) is 13.8 Å². The van der Waals surface area contributed by atoms with E-state index < -0.39 is 0 Å². The van der Waals surface area contributed by atoms with Gasteiger partial charge in [-0.2, -0.15) is 5.10 Å². The van der Waals surface area contributed by atoms with Crippen molar-refractivity contribution in [1.29, 1.82) is 0 Å². The van der Waals surface area contributed by atoms with E-state index in [1.807, 2.05) is 26.0 Å². The van der Waals surface area contributed by atoms with Crippen LogP contribution in [0, 0.1) is 5.92 Å². The van der Waals surface area contributed by atoms with E-state index in [1.54, 1.807) is 4.52 Å². The Morgan fingerprint density at radius 2 is 2.32 bits per heavy atom. The molecule has 1 aliphatic rings. The average Bonchev–Trinajstić information content (AvgIpc) is 3.11. The highest BCUT2D eigenvalue weighted by atomic mass is 16.6. The summed E-state index contributed by atoms with van der Waals surface area (Å²) in [7, 11) is 0. The summed E-state index contributed by atoms with van der Waals surface area (Å²) in [4.78, 5) is 15.5. The highest BCUT2D eigenvalue weighted by Gasteiger charge is 2.30. The molecule has 0 bridgehead atoms. The van der Waals surface area contributed by atoms with Gasteiger partial charge in [-0.3, -0.25) is 4.79 Å². The maximum Gasteiger partial charge on any atom is 0.308 e. The molecule has 2 aromatic rings. The van der Waals surface area contributed by atoms with E-state index in [0.29, 0.717) is 12.4 Å². The number of hydrogen-bond donors (Lipinski definition) is 1. The second kappa shape index (κ2) is 5.92. The third kappa shape index (κ3) is 2.76. The molecule has 7 heteroatoms. The van der Waals surface area contributed by atoms with E-state index in [9.17, 15) is 4.79 Å². The second-order valence-corrected chi connectivity index (χ2v) is 5.81. The van der Waals surface area contributed by atoms with E-state index >= 15 is 0 Å². The quantitative estimate of drug-likeness (QED) is 0.865. The summed E-state index contributed by atoms with van der Waals surface area (Å²) in [6.45, 7) is 3.93. The lowest BCUT2D eigenvalue weighted by Gasteiger charge is -2.14. The van der Waals surface area contributed by atoms with Crippen molar-refractivity contribution in [1.82, 2.24) is 14.6 Å². The Labute approximate surface area is 128 Å². The molecule has 118 valence electrons. The second-order valence-electron chi connectivity index (χ2n) is 5.81. The molecule has 2 aromatic heterocycles.